The van der Waals surface area contributed by atoms with E-state index in [9.17, 15) is 4.57 Å². The summed E-state index contributed by atoms with van der Waals surface area (Å²) < 4.78 is 15.4. The van der Waals surface area contributed by atoms with Crippen LogP contribution in [-0.4, -0.2) is 16.4 Å². The first kappa shape index (κ1) is 29.1. The van der Waals surface area contributed by atoms with Gasteiger partial charge in [-0.05, 0) is 37.5 Å². The normalized spacial score (nSPS) is 12.6. The van der Waals surface area contributed by atoms with E-state index in [-0.39, 0.29) is 6.61 Å². The van der Waals surface area contributed by atoms with Gasteiger partial charge in [0.1, 0.15) is 0 Å². The molecule has 0 heterocycles. The Labute approximate surface area is 181 Å². The Balaban J connectivity index is 4.68. The van der Waals surface area contributed by atoms with Crippen molar-refractivity contribution in [3.63, 3.8) is 0 Å². The molecule has 29 heavy (non-hydrogen) atoms. The van der Waals surface area contributed by atoms with E-state index in [4.69, 9.17) is 9.79 Å². The standard InChI is InChI=1S/C24H51O4P/c1-4-7-10-14-19-24(20-15-11-8-5-2,21-16-12-9-6-3)22-17-13-18-23-28-29(25,26)27/h4-23H2,1-3H3,(H2,25,26,27). The van der Waals surface area contributed by atoms with Crippen LogP contribution in [0.4, 0.5) is 0 Å². The van der Waals surface area contributed by atoms with Gasteiger partial charge in [-0.2, -0.15) is 0 Å². The van der Waals surface area contributed by atoms with Crippen LogP contribution in [0.5, 0.6) is 0 Å². The maximum absolute atomic E-state index is 10.8. The first-order valence-electron chi connectivity index (χ1n) is 12.6. The van der Waals surface area contributed by atoms with E-state index in [1.807, 2.05) is 0 Å². The second-order valence-electron chi connectivity index (χ2n) is 9.07. The van der Waals surface area contributed by atoms with Crippen LogP contribution in [0.3, 0.4) is 0 Å². The molecule has 0 saturated heterocycles. The molecule has 0 saturated carbocycles. The first-order valence-corrected chi connectivity index (χ1v) is 14.1. The van der Waals surface area contributed by atoms with Gasteiger partial charge in [-0.15, -0.1) is 0 Å². The lowest BCUT2D eigenvalue weighted by atomic mass is 9.70. The molecular formula is C24H51O4P. The van der Waals surface area contributed by atoms with Crippen molar-refractivity contribution >= 4 is 7.82 Å². The smallest absolute Gasteiger partial charge is 0.303 e. The Hall–Kier alpha value is 0.110. The molecule has 0 fully saturated rings. The quantitative estimate of drug-likeness (QED) is 0.132. The summed E-state index contributed by atoms with van der Waals surface area (Å²) in [5.41, 5.74) is 0.485. The summed E-state index contributed by atoms with van der Waals surface area (Å²) in [4.78, 5) is 17.6. The van der Waals surface area contributed by atoms with Crippen LogP contribution < -0.4 is 0 Å². The molecule has 5 heteroatoms. The molecule has 0 unspecified atom stereocenters. The van der Waals surface area contributed by atoms with Crippen LogP contribution in [0.1, 0.15) is 143 Å². The van der Waals surface area contributed by atoms with Crippen molar-refractivity contribution in [3.8, 4) is 0 Å². The van der Waals surface area contributed by atoms with Gasteiger partial charge in [-0.3, -0.25) is 4.52 Å². The Morgan fingerprint density at radius 2 is 0.931 bits per heavy atom. The van der Waals surface area contributed by atoms with Crippen LogP contribution in [0.2, 0.25) is 0 Å². The van der Waals surface area contributed by atoms with Gasteiger partial charge in [0, 0.05) is 0 Å². The molecule has 4 nitrogen and oxygen atoms in total. The van der Waals surface area contributed by atoms with E-state index in [0.29, 0.717) is 5.41 Å². The molecule has 0 radical (unpaired) electrons. The van der Waals surface area contributed by atoms with Gasteiger partial charge in [0.2, 0.25) is 0 Å². The van der Waals surface area contributed by atoms with Gasteiger partial charge in [-0.1, -0.05) is 111 Å². The van der Waals surface area contributed by atoms with Gasteiger partial charge < -0.3 is 9.79 Å². The van der Waals surface area contributed by atoms with Crippen LogP contribution >= 0.6 is 7.82 Å². The number of rotatable bonds is 22. The molecule has 0 atom stereocenters. The van der Waals surface area contributed by atoms with E-state index >= 15 is 0 Å². The van der Waals surface area contributed by atoms with Crippen molar-refractivity contribution in [2.75, 3.05) is 6.61 Å². The van der Waals surface area contributed by atoms with Crippen LogP contribution in [-0.2, 0) is 9.09 Å². The molecule has 0 amide bonds. The molecule has 176 valence electrons. The third-order valence-electron chi connectivity index (χ3n) is 6.29. The molecule has 0 aromatic rings. The molecular weight excluding hydrogens is 383 g/mol. The van der Waals surface area contributed by atoms with Crippen molar-refractivity contribution in [1.29, 1.82) is 0 Å². The average molecular weight is 435 g/mol. The Kier molecular flexibility index (Phi) is 18.9. The van der Waals surface area contributed by atoms with E-state index in [1.54, 1.807) is 0 Å². The molecule has 2 N–H and O–H groups in total. The lowest BCUT2D eigenvalue weighted by Crippen LogP contribution is -2.21. The maximum atomic E-state index is 10.8. The predicted molar refractivity (Wildman–Crippen MR) is 125 cm³/mol. The third-order valence-corrected chi connectivity index (χ3v) is 6.81. The van der Waals surface area contributed by atoms with Crippen molar-refractivity contribution < 1.29 is 18.9 Å². The summed E-state index contributed by atoms with van der Waals surface area (Å²) in [5.74, 6) is 0. The number of hydrogen-bond acceptors (Lipinski definition) is 2. The highest BCUT2D eigenvalue weighted by atomic mass is 31.2. The minimum Gasteiger partial charge on any atom is -0.303 e. The van der Waals surface area contributed by atoms with Crippen molar-refractivity contribution in [3.05, 3.63) is 0 Å². The van der Waals surface area contributed by atoms with E-state index in [2.05, 4.69) is 25.3 Å². The Morgan fingerprint density at radius 3 is 1.24 bits per heavy atom. The maximum Gasteiger partial charge on any atom is 0.469 e. The lowest BCUT2D eigenvalue weighted by molar-refractivity contribution is 0.166. The highest BCUT2D eigenvalue weighted by Crippen LogP contribution is 2.42. The van der Waals surface area contributed by atoms with Gasteiger partial charge in [0.15, 0.2) is 0 Å². The van der Waals surface area contributed by atoms with E-state index in [1.165, 1.54) is 103 Å². The highest BCUT2D eigenvalue weighted by molar-refractivity contribution is 7.46. The largest absolute Gasteiger partial charge is 0.469 e. The Bertz CT molecular complexity index is 363. The monoisotopic (exact) mass is 434 g/mol. The summed E-state index contributed by atoms with van der Waals surface area (Å²) in [5, 5.41) is 0. The molecule has 0 bridgehead atoms. The highest BCUT2D eigenvalue weighted by Gasteiger charge is 2.28. The first-order chi connectivity index (χ1) is 13.9. The number of phosphoric acid groups is 1. The molecule has 0 aromatic heterocycles. The van der Waals surface area contributed by atoms with Crippen molar-refractivity contribution in [1.82, 2.24) is 0 Å². The minimum atomic E-state index is -4.31. The fraction of sp³-hybridized carbons (Fsp3) is 1.00. The predicted octanol–water partition coefficient (Wildman–Crippen LogP) is 8.55. The molecule has 0 spiro atoms. The SMILES string of the molecule is CCCCCCC(CCCCCC)(CCCCCC)CCCCCOP(=O)(O)O. The van der Waals surface area contributed by atoms with Crippen LogP contribution in [0.15, 0.2) is 0 Å². The average Bonchev–Trinajstić information content (AvgIpc) is 2.67. The van der Waals surface area contributed by atoms with Gasteiger partial charge in [0.05, 0.1) is 6.61 Å². The zero-order valence-corrected chi connectivity index (χ0v) is 20.7. The zero-order chi connectivity index (χ0) is 21.8. The second-order valence-corrected chi connectivity index (χ2v) is 10.3. The minimum absolute atomic E-state index is 0.167. The molecule has 0 aliphatic carbocycles. The van der Waals surface area contributed by atoms with Crippen LogP contribution in [0.25, 0.3) is 0 Å². The summed E-state index contributed by atoms with van der Waals surface area (Å²) in [6, 6.07) is 0. The molecule has 0 aliphatic rings. The van der Waals surface area contributed by atoms with Gasteiger partial charge >= 0.3 is 7.82 Å². The van der Waals surface area contributed by atoms with E-state index < -0.39 is 7.82 Å². The topological polar surface area (TPSA) is 66.8 Å². The summed E-state index contributed by atoms with van der Waals surface area (Å²) in [6.45, 7) is 7.01. The fourth-order valence-corrected chi connectivity index (χ4v) is 4.86. The van der Waals surface area contributed by atoms with Gasteiger partial charge in [-0.25, -0.2) is 4.57 Å². The molecule has 0 rings (SSSR count). The van der Waals surface area contributed by atoms with Crippen molar-refractivity contribution in [2.24, 2.45) is 5.41 Å². The zero-order valence-electron chi connectivity index (χ0n) is 19.8. The number of unbranched alkanes of at least 4 members (excludes halogenated alkanes) is 11. The summed E-state index contributed by atoms with van der Waals surface area (Å²) in [6.07, 6.45) is 24.3. The van der Waals surface area contributed by atoms with Gasteiger partial charge in [0.25, 0.3) is 0 Å². The summed E-state index contributed by atoms with van der Waals surface area (Å²) in [7, 11) is -4.31. The second kappa shape index (κ2) is 18.8. The van der Waals surface area contributed by atoms with E-state index in [0.717, 1.165) is 19.3 Å². The third kappa shape index (κ3) is 18.6. The Morgan fingerprint density at radius 1 is 0.586 bits per heavy atom. The number of hydrogen-bond donors (Lipinski definition) is 2. The number of phosphoric ester groups is 1. The van der Waals surface area contributed by atoms with Crippen LogP contribution in [0, 0.1) is 5.41 Å². The summed E-state index contributed by atoms with van der Waals surface area (Å²) >= 11 is 0. The fourth-order valence-electron chi connectivity index (χ4n) is 4.49. The molecule has 0 aromatic carbocycles. The lowest BCUT2D eigenvalue weighted by Gasteiger charge is -2.35. The molecule has 0 aliphatic heterocycles. The van der Waals surface area contributed by atoms with Crippen molar-refractivity contribution in [2.45, 2.75) is 143 Å².